The van der Waals surface area contributed by atoms with Gasteiger partial charge in [-0.25, -0.2) is 4.98 Å². The molecule has 18 heteroatoms. The zero-order valence-corrected chi connectivity index (χ0v) is 22.7. The molecule has 0 aliphatic carbocycles. The third-order valence-electron chi connectivity index (χ3n) is 5.72. The minimum Gasteiger partial charge on any atom is -0.503 e. The zero-order valence-electron chi connectivity index (χ0n) is 20.4. The molecule has 1 aliphatic rings. The molecule has 2 atom stereocenters. The van der Waals surface area contributed by atoms with Crippen LogP contribution in [0, 0.1) is 11.8 Å². The highest BCUT2D eigenvalue weighted by molar-refractivity contribution is 7.80. The molecule has 3 heterocycles. The van der Waals surface area contributed by atoms with E-state index in [1.165, 1.54) is 13.8 Å². The average Bonchev–Trinajstić information content (AvgIpc) is 3.12. The molecule has 208 valence electrons. The smallest absolute Gasteiger partial charge is 0.418 e. The Morgan fingerprint density at radius 3 is 2.50 bits per heavy atom. The molecule has 0 bridgehead atoms. The van der Waals surface area contributed by atoms with Crippen molar-refractivity contribution in [2.75, 3.05) is 5.73 Å². The number of nitrogen functional groups attached to an aromatic ring is 1. The minimum atomic E-state index is -4.99. The quantitative estimate of drug-likeness (QED) is 0.101. The lowest BCUT2D eigenvalue weighted by Crippen LogP contribution is -2.68. The number of amides is 1. The molecule has 3 rings (SSSR count). The lowest BCUT2D eigenvalue weighted by molar-refractivity contribution is -0.228. The van der Waals surface area contributed by atoms with E-state index in [-0.39, 0.29) is 20.9 Å². The van der Waals surface area contributed by atoms with Crippen LogP contribution in [0.5, 0.6) is 5.75 Å². The number of ketones is 1. The molecular weight excluding hydrogens is 570 g/mol. The van der Waals surface area contributed by atoms with Crippen LogP contribution in [0.25, 0.3) is 0 Å². The Hall–Kier alpha value is -3.25. The van der Waals surface area contributed by atoms with Gasteiger partial charge in [0.2, 0.25) is 5.43 Å². The number of thiazole rings is 1. The van der Waals surface area contributed by atoms with Gasteiger partial charge in [0, 0.05) is 12.5 Å². The Morgan fingerprint density at radius 2 is 2.00 bits per heavy atom. The SMILES string of the molecule is CC(C)C(O/N=C(\C(=O)C[C@@H]1C(=O)N(OS(=O)(=O)O)C1(C)C)c1nc(N)sc1Cl)c1cc(=O)c(O)cn1O. The Morgan fingerprint density at radius 1 is 1.37 bits per heavy atom. The number of anilines is 1. The van der Waals surface area contributed by atoms with Crippen LogP contribution in [-0.2, 0) is 29.1 Å². The molecule has 5 N–H and O–H groups in total. The molecule has 1 amide bonds. The number of oxime groups is 1. The topological polar surface area (TPSA) is 224 Å². The van der Waals surface area contributed by atoms with Gasteiger partial charge in [-0.2, -0.15) is 18.2 Å². The molecule has 0 aromatic carbocycles. The predicted octanol–water partition coefficient (Wildman–Crippen LogP) is 1.53. The van der Waals surface area contributed by atoms with E-state index in [1.807, 2.05) is 0 Å². The third kappa shape index (κ3) is 5.91. The van der Waals surface area contributed by atoms with E-state index in [2.05, 4.69) is 14.4 Å². The predicted molar refractivity (Wildman–Crippen MR) is 133 cm³/mol. The van der Waals surface area contributed by atoms with Gasteiger partial charge in [-0.1, -0.05) is 41.9 Å². The van der Waals surface area contributed by atoms with E-state index in [0.29, 0.717) is 9.79 Å². The first-order valence-corrected chi connectivity index (χ1v) is 13.3. The highest BCUT2D eigenvalue weighted by atomic mass is 35.5. The van der Waals surface area contributed by atoms with Gasteiger partial charge in [0.25, 0.3) is 5.91 Å². The fourth-order valence-electron chi connectivity index (χ4n) is 3.71. The Bertz CT molecular complexity index is 1470. The average molecular weight is 594 g/mol. The van der Waals surface area contributed by atoms with Crippen molar-refractivity contribution in [3.8, 4) is 5.75 Å². The van der Waals surface area contributed by atoms with Gasteiger partial charge < -0.3 is 20.9 Å². The first-order chi connectivity index (χ1) is 17.4. The maximum Gasteiger partial charge on any atom is 0.418 e. The highest BCUT2D eigenvalue weighted by Gasteiger charge is 2.57. The number of hydrogen-bond acceptors (Lipinski definition) is 13. The lowest BCUT2D eigenvalue weighted by atomic mass is 9.74. The number of hydroxylamine groups is 2. The lowest BCUT2D eigenvalue weighted by Gasteiger charge is -2.50. The van der Waals surface area contributed by atoms with Crippen molar-refractivity contribution in [1.82, 2.24) is 14.8 Å². The Balaban J connectivity index is 1.96. The van der Waals surface area contributed by atoms with Gasteiger partial charge in [0.1, 0.15) is 15.7 Å². The van der Waals surface area contributed by atoms with Crippen LogP contribution >= 0.6 is 22.9 Å². The van der Waals surface area contributed by atoms with Crippen LogP contribution in [0.3, 0.4) is 0 Å². The molecule has 2 aromatic heterocycles. The van der Waals surface area contributed by atoms with Gasteiger partial charge >= 0.3 is 10.4 Å². The summed E-state index contributed by atoms with van der Waals surface area (Å²) in [6.07, 6.45) is -0.843. The summed E-state index contributed by atoms with van der Waals surface area (Å²) in [5.74, 6) is -3.89. The summed E-state index contributed by atoms with van der Waals surface area (Å²) >= 11 is 7.04. The number of carbonyl (C=O) groups is 2. The van der Waals surface area contributed by atoms with E-state index in [1.54, 1.807) is 13.8 Å². The molecular formula is C20H24ClN5O10S2. The molecule has 0 spiro atoms. The van der Waals surface area contributed by atoms with E-state index >= 15 is 0 Å². The fraction of sp³-hybridized carbons (Fsp3) is 0.450. The van der Waals surface area contributed by atoms with Gasteiger partial charge in [-0.05, 0) is 19.8 Å². The van der Waals surface area contributed by atoms with Crippen molar-refractivity contribution in [2.24, 2.45) is 17.0 Å². The van der Waals surface area contributed by atoms with Crippen molar-refractivity contribution in [1.29, 1.82) is 0 Å². The number of aromatic hydroxyl groups is 1. The van der Waals surface area contributed by atoms with Gasteiger partial charge in [-0.3, -0.25) is 18.9 Å². The van der Waals surface area contributed by atoms with Crippen LogP contribution < -0.4 is 11.2 Å². The maximum atomic E-state index is 13.4. The largest absolute Gasteiger partial charge is 0.503 e. The van der Waals surface area contributed by atoms with Crippen LogP contribution in [0.4, 0.5) is 5.13 Å². The molecule has 38 heavy (non-hydrogen) atoms. The second kappa shape index (κ2) is 10.5. The fourth-order valence-corrected chi connectivity index (χ4v) is 5.09. The summed E-state index contributed by atoms with van der Waals surface area (Å²) in [5, 5.41) is 24.1. The van der Waals surface area contributed by atoms with E-state index < -0.39 is 68.9 Å². The number of rotatable bonds is 10. The van der Waals surface area contributed by atoms with E-state index in [0.717, 1.165) is 23.6 Å². The molecule has 2 aromatic rings. The highest BCUT2D eigenvalue weighted by Crippen LogP contribution is 2.41. The molecule has 1 saturated heterocycles. The van der Waals surface area contributed by atoms with Crippen LogP contribution in [0.2, 0.25) is 4.34 Å². The van der Waals surface area contributed by atoms with Crippen LogP contribution in [0.15, 0.2) is 22.2 Å². The molecule has 1 unspecified atom stereocenters. The van der Waals surface area contributed by atoms with Crippen molar-refractivity contribution in [2.45, 2.75) is 45.8 Å². The third-order valence-corrected chi connectivity index (χ3v) is 7.14. The summed E-state index contributed by atoms with van der Waals surface area (Å²) in [5.41, 5.74) is 2.92. The minimum absolute atomic E-state index is 0.00131. The number of carbonyl (C=O) groups excluding carboxylic acids is 2. The normalized spacial score (nSPS) is 18.4. The number of hydrogen-bond donors (Lipinski definition) is 4. The summed E-state index contributed by atoms with van der Waals surface area (Å²) in [6, 6.07) is 0.935. The van der Waals surface area contributed by atoms with Crippen molar-refractivity contribution < 1.29 is 42.0 Å². The Kier molecular flexibility index (Phi) is 8.09. The summed E-state index contributed by atoms with van der Waals surface area (Å²) in [7, 11) is -4.99. The first-order valence-electron chi connectivity index (χ1n) is 10.8. The number of Topliss-reactive ketones (excluding diaryl/α,β-unsaturated/α-hetero) is 1. The number of nitrogens with zero attached hydrogens (tertiary/aromatic N) is 4. The second-order valence-corrected chi connectivity index (χ2v) is 11.8. The number of halogens is 1. The Labute approximate surface area is 224 Å². The number of nitrogens with two attached hydrogens (primary N) is 1. The first kappa shape index (κ1) is 29.3. The second-order valence-electron chi connectivity index (χ2n) is 9.15. The molecule has 0 radical (unpaired) electrons. The standard InChI is InChI=1S/C20H24ClN5O10S2/c1-8(2)16(10-6-11(27)13(29)7-25(10)31)35-24-14(15-17(21)37-19(22)23-15)12(28)5-9-18(30)26(20(9,3)4)36-38(32,33)34/h6-9,16,29,31H,5H2,1-4H3,(H2,22,23)(H,32,33,34)/b24-14+/t9-,16?/m1/s1. The summed E-state index contributed by atoms with van der Waals surface area (Å²) in [6.45, 7) is 6.18. The molecule has 0 saturated carbocycles. The number of β-lactam (4-membered cyclic amide) rings is 1. The molecule has 15 nitrogen and oxygen atoms in total. The number of aromatic nitrogens is 2. The van der Waals surface area contributed by atoms with Gasteiger partial charge in [0.15, 0.2) is 28.5 Å². The molecule has 1 aliphatic heterocycles. The monoisotopic (exact) mass is 593 g/mol. The van der Waals surface area contributed by atoms with Crippen molar-refractivity contribution in [3.63, 3.8) is 0 Å². The molecule has 1 fully saturated rings. The van der Waals surface area contributed by atoms with Crippen LogP contribution in [-0.4, -0.2) is 61.0 Å². The van der Waals surface area contributed by atoms with Crippen molar-refractivity contribution in [3.05, 3.63) is 38.2 Å². The van der Waals surface area contributed by atoms with Crippen LogP contribution in [0.1, 0.15) is 51.6 Å². The zero-order chi connectivity index (χ0) is 28.7. The number of pyridine rings is 1. The van der Waals surface area contributed by atoms with E-state index in [9.17, 15) is 33.1 Å². The van der Waals surface area contributed by atoms with E-state index in [4.69, 9.17) is 26.7 Å². The van der Waals surface area contributed by atoms with Gasteiger partial charge in [0.05, 0.1) is 17.7 Å². The van der Waals surface area contributed by atoms with Crippen molar-refractivity contribution >= 4 is 55.9 Å². The summed E-state index contributed by atoms with van der Waals surface area (Å²) < 4.78 is 35.8. The van der Waals surface area contributed by atoms with Gasteiger partial charge in [-0.15, -0.1) is 4.28 Å². The summed E-state index contributed by atoms with van der Waals surface area (Å²) in [4.78, 5) is 47.4. The maximum absolute atomic E-state index is 13.4.